The Bertz CT molecular complexity index is 613. The monoisotopic (exact) mass is 319 g/mol. The molecular formula is C14H14BrN3O. The van der Waals surface area contributed by atoms with Gasteiger partial charge in [-0.1, -0.05) is 22.0 Å². The fraction of sp³-hybridized carbons (Fsp3) is 0.143. The number of pyridine rings is 1. The van der Waals surface area contributed by atoms with E-state index in [1.54, 1.807) is 25.4 Å². The van der Waals surface area contributed by atoms with E-state index in [1.165, 1.54) is 0 Å². The Balaban J connectivity index is 2.28. The van der Waals surface area contributed by atoms with Crippen molar-refractivity contribution in [1.82, 2.24) is 4.98 Å². The van der Waals surface area contributed by atoms with E-state index in [4.69, 9.17) is 0 Å². The lowest BCUT2D eigenvalue weighted by Crippen LogP contribution is -2.15. The zero-order valence-electron chi connectivity index (χ0n) is 10.7. The quantitative estimate of drug-likeness (QED) is 0.911. The molecule has 0 saturated carbocycles. The molecule has 2 aromatic rings. The van der Waals surface area contributed by atoms with Crippen LogP contribution in [0, 0.1) is 6.92 Å². The van der Waals surface area contributed by atoms with Gasteiger partial charge in [0, 0.05) is 23.4 Å². The highest BCUT2D eigenvalue weighted by atomic mass is 79.9. The Kier molecular flexibility index (Phi) is 4.16. The van der Waals surface area contributed by atoms with E-state index in [9.17, 15) is 4.79 Å². The van der Waals surface area contributed by atoms with Crippen LogP contribution in [0.2, 0.25) is 0 Å². The molecule has 19 heavy (non-hydrogen) atoms. The van der Waals surface area contributed by atoms with Gasteiger partial charge in [0.2, 0.25) is 0 Å². The maximum Gasteiger partial charge on any atom is 0.259 e. The van der Waals surface area contributed by atoms with Crippen molar-refractivity contribution in [2.75, 3.05) is 17.7 Å². The standard InChI is InChI=1S/C14H14BrN3O/c1-9-5-6-10(15)8-12(9)18-14(19)11-4-3-7-17-13(11)16-2/h3-8H,1-2H3,(H,16,17)(H,18,19). The molecule has 2 N–H and O–H groups in total. The van der Waals surface area contributed by atoms with Crippen LogP contribution < -0.4 is 10.6 Å². The molecule has 0 radical (unpaired) electrons. The van der Waals surface area contributed by atoms with Crippen molar-refractivity contribution < 1.29 is 4.79 Å². The van der Waals surface area contributed by atoms with E-state index in [-0.39, 0.29) is 5.91 Å². The zero-order chi connectivity index (χ0) is 13.8. The molecule has 2 rings (SSSR count). The number of nitrogens with one attached hydrogen (secondary N) is 2. The van der Waals surface area contributed by atoms with Gasteiger partial charge < -0.3 is 10.6 Å². The number of hydrogen-bond acceptors (Lipinski definition) is 3. The summed E-state index contributed by atoms with van der Waals surface area (Å²) in [6.45, 7) is 1.95. The summed E-state index contributed by atoms with van der Waals surface area (Å²) >= 11 is 3.39. The molecule has 0 atom stereocenters. The molecule has 0 bridgehead atoms. The molecule has 4 nitrogen and oxygen atoms in total. The van der Waals surface area contributed by atoms with Crippen LogP contribution in [-0.2, 0) is 0 Å². The first-order chi connectivity index (χ1) is 9.11. The summed E-state index contributed by atoms with van der Waals surface area (Å²) in [5.74, 6) is 0.381. The van der Waals surface area contributed by atoms with Crippen LogP contribution in [0.4, 0.5) is 11.5 Å². The second-order valence-electron chi connectivity index (χ2n) is 4.06. The van der Waals surface area contributed by atoms with Gasteiger partial charge in [-0.25, -0.2) is 4.98 Å². The highest BCUT2D eigenvalue weighted by Crippen LogP contribution is 2.22. The summed E-state index contributed by atoms with van der Waals surface area (Å²) in [7, 11) is 1.74. The molecule has 98 valence electrons. The summed E-state index contributed by atoms with van der Waals surface area (Å²) in [6.07, 6.45) is 1.65. The third-order valence-corrected chi connectivity index (χ3v) is 3.23. The molecule has 0 saturated heterocycles. The number of aromatic nitrogens is 1. The van der Waals surface area contributed by atoms with Gasteiger partial charge in [0.25, 0.3) is 5.91 Å². The lowest BCUT2D eigenvalue weighted by molar-refractivity contribution is 0.102. The van der Waals surface area contributed by atoms with Gasteiger partial charge >= 0.3 is 0 Å². The second-order valence-corrected chi connectivity index (χ2v) is 4.98. The number of anilines is 2. The maximum absolute atomic E-state index is 12.3. The van der Waals surface area contributed by atoms with Crippen LogP contribution in [0.3, 0.4) is 0 Å². The largest absolute Gasteiger partial charge is 0.372 e. The van der Waals surface area contributed by atoms with Crippen LogP contribution in [0.25, 0.3) is 0 Å². The number of aryl methyl sites for hydroxylation is 1. The number of carbonyl (C=O) groups is 1. The number of carbonyl (C=O) groups excluding carboxylic acids is 1. The minimum absolute atomic E-state index is 0.182. The molecular weight excluding hydrogens is 306 g/mol. The molecule has 0 unspecified atom stereocenters. The number of benzene rings is 1. The van der Waals surface area contributed by atoms with Gasteiger partial charge in [0.15, 0.2) is 0 Å². The topological polar surface area (TPSA) is 54.0 Å². The predicted octanol–water partition coefficient (Wildman–Crippen LogP) is 3.45. The van der Waals surface area contributed by atoms with E-state index >= 15 is 0 Å². The smallest absolute Gasteiger partial charge is 0.259 e. The van der Waals surface area contributed by atoms with E-state index in [0.29, 0.717) is 11.4 Å². The molecule has 1 aromatic carbocycles. The minimum Gasteiger partial charge on any atom is -0.372 e. The number of halogens is 1. The third kappa shape index (κ3) is 3.12. The summed E-state index contributed by atoms with van der Waals surface area (Å²) in [5.41, 5.74) is 2.31. The summed E-state index contributed by atoms with van der Waals surface area (Å²) in [4.78, 5) is 16.4. The van der Waals surface area contributed by atoms with Gasteiger partial charge in [-0.2, -0.15) is 0 Å². The van der Waals surface area contributed by atoms with Gasteiger partial charge in [0.05, 0.1) is 5.56 Å². The van der Waals surface area contributed by atoms with Crippen LogP contribution in [-0.4, -0.2) is 17.9 Å². The fourth-order valence-corrected chi connectivity index (χ4v) is 2.07. The molecule has 0 aliphatic heterocycles. The van der Waals surface area contributed by atoms with Gasteiger partial charge in [-0.05, 0) is 36.8 Å². The SMILES string of the molecule is CNc1ncccc1C(=O)Nc1cc(Br)ccc1C. The average Bonchev–Trinajstić information content (AvgIpc) is 2.42. The van der Waals surface area contributed by atoms with E-state index < -0.39 is 0 Å². The minimum atomic E-state index is -0.182. The zero-order valence-corrected chi connectivity index (χ0v) is 12.3. The van der Waals surface area contributed by atoms with E-state index in [2.05, 4.69) is 31.5 Å². The second kappa shape index (κ2) is 5.84. The average molecular weight is 320 g/mol. The first kappa shape index (κ1) is 13.5. The van der Waals surface area contributed by atoms with Gasteiger partial charge in [0.1, 0.15) is 5.82 Å². The van der Waals surface area contributed by atoms with E-state index in [0.717, 1.165) is 15.7 Å². The fourth-order valence-electron chi connectivity index (χ4n) is 1.71. The Morgan fingerprint density at radius 2 is 2.11 bits per heavy atom. The molecule has 5 heteroatoms. The number of hydrogen-bond donors (Lipinski definition) is 2. The number of nitrogens with zero attached hydrogens (tertiary/aromatic N) is 1. The highest BCUT2D eigenvalue weighted by molar-refractivity contribution is 9.10. The van der Waals surface area contributed by atoms with Crippen molar-refractivity contribution in [3.63, 3.8) is 0 Å². The lowest BCUT2D eigenvalue weighted by Gasteiger charge is -2.11. The van der Waals surface area contributed by atoms with Crippen molar-refractivity contribution in [2.24, 2.45) is 0 Å². The van der Waals surface area contributed by atoms with Crippen molar-refractivity contribution in [2.45, 2.75) is 6.92 Å². The molecule has 1 heterocycles. The Morgan fingerprint density at radius 1 is 1.32 bits per heavy atom. The van der Waals surface area contributed by atoms with E-state index in [1.807, 2.05) is 25.1 Å². The summed E-state index contributed by atoms with van der Waals surface area (Å²) < 4.78 is 0.924. The Labute approximate surface area is 120 Å². The van der Waals surface area contributed by atoms with Gasteiger partial charge in [-0.15, -0.1) is 0 Å². The van der Waals surface area contributed by atoms with Crippen LogP contribution >= 0.6 is 15.9 Å². The third-order valence-electron chi connectivity index (χ3n) is 2.74. The molecule has 1 aromatic heterocycles. The Morgan fingerprint density at radius 3 is 2.84 bits per heavy atom. The van der Waals surface area contributed by atoms with Crippen LogP contribution in [0.5, 0.6) is 0 Å². The summed E-state index contributed by atoms with van der Waals surface area (Å²) in [5, 5.41) is 5.80. The predicted molar refractivity (Wildman–Crippen MR) is 80.6 cm³/mol. The number of rotatable bonds is 3. The highest BCUT2D eigenvalue weighted by Gasteiger charge is 2.12. The van der Waals surface area contributed by atoms with Crippen molar-refractivity contribution in [3.05, 3.63) is 52.1 Å². The molecule has 1 amide bonds. The number of amides is 1. The molecule has 0 aliphatic carbocycles. The van der Waals surface area contributed by atoms with Crippen molar-refractivity contribution in [3.8, 4) is 0 Å². The van der Waals surface area contributed by atoms with Crippen molar-refractivity contribution >= 4 is 33.3 Å². The maximum atomic E-state index is 12.3. The molecule has 0 spiro atoms. The summed E-state index contributed by atoms with van der Waals surface area (Å²) in [6, 6.07) is 9.24. The van der Waals surface area contributed by atoms with Crippen LogP contribution in [0.1, 0.15) is 15.9 Å². The van der Waals surface area contributed by atoms with Gasteiger partial charge in [-0.3, -0.25) is 4.79 Å². The molecule has 0 aliphatic rings. The van der Waals surface area contributed by atoms with Crippen molar-refractivity contribution in [1.29, 1.82) is 0 Å². The van der Waals surface area contributed by atoms with Crippen LogP contribution in [0.15, 0.2) is 41.0 Å². The normalized spacial score (nSPS) is 10.1. The first-order valence-electron chi connectivity index (χ1n) is 5.82. The lowest BCUT2D eigenvalue weighted by atomic mass is 10.2. The first-order valence-corrected chi connectivity index (χ1v) is 6.61. The molecule has 0 fully saturated rings. The Hall–Kier alpha value is -1.88.